The average molecular weight is 468 g/mol. The van der Waals surface area contributed by atoms with Crippen LogP contribution in [0.25, 0.3) is 15.9 Å². The number of hydrogen-bond donors (Lipinski definition) is 0. The topological polar surface area (TPSA) is 55.2 Å². The number of hydrogen-bond acceptors (Lipinski definition) is 5. The summed E-state index contributed by atoms with van der Waals surface area (Å²) in [6.07, 6.45) is 8.86. The fourth-order valence-corrected chi connectivity index (χ4v) is 6.96. The van der Waals surface area contributed by atoms with E-state index in [-0.39, 0.29) is 11.5 Å². The summed E-state index contributed by atoms with van der Waals surface area (Å²) in [5.41, 5.74) is 3.17. The van der Waals surface area contributed by atoms with Crippen LogP contribution in [0.15, 0.2) is 34.2 Å². The number of aromatic nitrogens is 2. The molecular weight excluding hydrogens is 438 g/mol. The van der Waals surface area contributed by atoms with Crippen LogP contribution in [0.2, 0.25) is 0 Å². The Kier molecular flexibility index (Phi) is 6.37. The molecule has 0 spiro atoms. The van der Waals surface area contributed by atoms with E-state index in [1.807, 2.05) is 36.1 Å². The predicted molar refractivity (Wildman–Crippen MR) is 132 cm³/mol. The van der Waals surface area contributed by atoms with E-state index in [9.17, 15) is 9.59 Å². The van der Waals surface area contributed by atoms with Crippen LogP contribution >= 0.6 is 23.1 Å². The average Bonchev–Trinajstić information content (AvgIpc) is 2.96. The SMILES string of the molecule is Cc1ccc(-n2c(SCC(=O)N3CCCCCC3)nc3sc4c(c3c2=O)CCCC4)cc1. The molecule has 1 amide bonds. The van der Waals surface area contributed by atoms with Crippen molar-refractivity contribution in [1.29, 1.82) is 0 Å². The van der Waals surface area contributed by atoms with Gasteiger partial charge in [-0.25, -0.2) is 4.98 Å². The van der Waals surface area contributed by atoms with Gasteiger partial charge in [0.2, 0.25) is 5.91 Å². The van der Waals surface area contributed by atoms with E-state index in [2.05, 4.69) is 0 Å². The molecule has 0 radical (unpaired) electrons. The minimum atomic E-state index is 0.00275. The lowest BCUT2D eigenvalue weighted by Crippen LogP contribution is -2.33. The largest absolute Gasteiger partial charge is 0.342 e. The zero-order valence-electron chi connectivity index (χ0n) is 18.6. The molecule has 1 aliphatic carbocycles. The molecule has 0 N–H and O–H groups in total. The molecule has 5 nitrogen and oxygen atoms in total. The second-order valence-electron chi connectivity index (χ2n) is 8.85. The molecule has 3 aromatic rings. The maximum absolute atomic E-state index is 13.8. The van der Waals surface area contributed by atoms with Crippen LogP contribution in [0.1, 0.15) is 54.5 Å². The minimum absolute atomic E-state index is 0.00275. The van der Waals surface area contributed by atoms with Crippen molar-refractivity contribution in [3.63, 3.8) is 0 Å². The van der Waals surface area contributed by atoms with Crippen molar-refractivity contribution in [3.8, 4) is 5.69 Å². The van der Waals surface area contributed by atoms with Crippen molar-refractivity contribution in [3.05, 3.63) is 50.6 Å². The smallest absolute Gasteiger partial charge is 0.267 e. The van der Waals surface area contributed by atoms with E-state index in [0.29, 0.717) is 10.9 Å². The molecule has 1 aromatic carbocycles. The standard InChI is InChI=1S/C25H29N3O2S2/c1-17-10-12-18(13-11-17)28-24(30)22-19-8-4-5-9-20(19)32-23(22)26-25(28)31-16-21(29)27-14-6-2-3-7-15-27/h10-13H,2-9,14-16H2,1H3. The Bertz CT molecular complexity index is 1190. The monoisotopic (exact) mass is 467 g/mol. The van der Waals surface area contributed by atoms with Gasteiger partial charge in [-0.2, -0.15) is 0 Å². The number of fused-ring (bicyclic) bond motifs is 3. The molecule has 2 aromatic heterocycles. The summed E-state index contributed by atoms with van der Waals surface area (Å²) in [6.45, 7) is 3.72. The fourth-order valence-electron chi connectivity index (χ4n) is 4.74. The molecule has 1 saturated heterocycles. The molecule has 168 valence electrons. The number of amides is 1. The van der Waals surface area contributed by atoms with Gasteiger partial charge in [-0.1, -0.05) is 42.3 Å². The molecule has 2 aliphatic rings. The van der Waals surface area contributed by atoms with E-state index in [4.69, 9.17) is 4.98 Å². The highest BCUT2D eigenvalue weighted by Gasteiger charge is 2.24. The number of likely N-dealkylation sites (tertiary alicyclic amines) is 1. The van der Waals surface area contributed by atoms with Crippen molar-refractivity contribution >= 4 is 39.2 Å². The molecule has 0 atom stereocenters. The highest BCUT2D eigenvalue weighted by atomic mass is 32.2. The molecule has 32 heavy (non-hydrogen) atoms. The molecule has 0 bridgehead atoms. The Morgan fingerprint density at radius 3 is 2.50 bits per heavy atom. The van der Waals surface area contributed by atoms with Gasteiger partial charge in [-0.05, 0) is 63.1 Å². The molecule has 0 unspecified atom stereocenters. The Morgan fingerprint density at radius 2 is 1.75 bits per heavy atom. The zero-order valence-corrected chi connectivity index (χ0v) is 20.2. The van der Waals surface area contributed by atoms with Gasteiger partial charge in [0.25, 0.3) is 5.56 Å². The fraction of sp³-hybridized carbons (Fsp3) is 0.480. The van der Waals surface area contributed by atoms with E-state index < -0.39 is 0 Å². The summed E-state index contributed by atoms with van der Waals surface area (Å²) >= 11 is 3.06. The van der Waals surface area contributed by atoms with Crippen LogP contribution in [-0.4, -0.2) is 39.2 Å². The van der Waals surface area contributed by atoms with Gasteiger partial charge in [0.05, 0.1) is 16.8 Å². The highest BCUT2D eigenvalue weighted by molar-refractivity contribution is 7.99. The van der Waals surface area contributed by atoms with Crippen LogP contribution in [0.5, 0.6) is 0 Å². The first-order chi connectivity index (χ1) is 15.6. The Morgan fingerprint density at radius 1 is 1.03 bits per heavy atom. The van der Waals surface area contributed by atoms with Crippen molar-refractivity contribution in [2.45, 2.75) is 63.4 Å². The van der Waals surface area contributed by atoms with Crippen molar-refractivity contribution in [1.82, 2.24) is 14.5 Å². The quantitative estimate of drug-likeness (QED) is 0.394. The van der Waals surface area contributed by atoms with Gasteiger partial charge in [0.1, 0.15) is 4.83 Å². The normalized spacial score (nSPS) is 16.7. The molecule has 3 heterocycles. The summed E-state index contributed by atoms with van der Waals surface area (Å²) in [4.78, 5) is 35.8. The molecule has 1 fully saturated rings. The summed E-state index contributed by atoms with van der Waals surface area (Å²) in [5, 5.41) is 1.40. The molecule has 7 heteroatoms. The number of thiophene rings is 1. The number of nitrogens with zero attached hydrogens (tertiary/aromatic N) is 3. The van der Waals surface area contributed by atoms with Crippen LogP contribution < -0.4 is 5.56 Å². The van der Waals surface area contributed by atoms with Crippen molar-refractivity contribution < 1.29 is 4.79 Å². The molecule has 0 saturated carbocycles. The third kappa shape index (κ3) is 4.25. The summed E-state index contributed by atoms with van der Waals surface area (Å²) < 4.78 is 1.73. The van der Waals surface area contributed by atoms with E-state index in [0.717, 1.165) is 66.7 Å². The third-order valence-corrected chi connectivity index (χ3v) is 8.64. The summed E-state index contributed by atoms with van der Waals surface area (Å²) in [6, 6.07) is 7.99. The number of rotatable bonds is 4. The van der Waals surface area contributed by atoms with Crippen LogP contribution in [0.4, 0.5) is 0 Å². The van der Waals surface area contributed by atoms with Crippen LogP contribution in [0, 0.1) is 6.92 Å². The Labute approximate surface area is 196 Å². The zero-order chi connectivity index (χ0) is 22.1. The van der Waals surface area contributed by atoms with Crippen molar-refractivity contribution in [2.24, 2.45) is 0 Å². The van der Waals surface area contributed by atoms with Gasteiger partial charge in [-0.15, -0.1) is 11.3 Å². The van der Waals surface area contributed by atoms with Crippen LogP contribution in [-0.2, 0) is 17.6 Å². The van der Waals surface area contributed by atoms with Crippen LogP contribution in [0.3, 0.4) is 0 Å². The second kappa shape index (κ2) is 9.40. The first-order valence-corrected chi connectivity index (χ1v) is 13.5. The first kappa shape index (κ1) is 21.7. The van der Waals surface area contributed by atoms with E-state index in [1.54, 1.807) is 15.9 Å². The Balaban J connectivity index is 1.54. The van der Waals surface area contributed by atoms with Gasteiger partial charge < -0.3 is 4.90 Å². The lowest BCUT2D eigenvalue weighted by atomic mass is 9.97. The molecular formula is C25H29N3O2S2. The minimum Gasteiger partial charge on any atom is -0.342 e. The lowest BCUT2D eigenvalue weighted by molar-refractivity contribution is -0.128. The van der Waals surface area contributed by atoms with Gasteiger partial charge in [0, 0.05) is 18.0 Å². The molecule has 1 aliphatic heterocycles. The number of carbonyl (C=O) groups is 1. The lowest BCUT2D eigenvalue weighted by Gasteiger charge is -2.20. The maximum Gasteiger partial charge on any atom is 0.267 e. The van der Waals surface area contributed by atoms with E-state index in [1.165, 1.54) is 41.5 Å². The first-order valence-electron chi connectivity index (χ1n) is 11.7. The van der Waals surface area contributed by atoms with Gasteiger partial charge in [-0.3, -0.25) is 14.2 Å². The number of carbonyl (C=O) groups excluding carboxylic acids is 1. The molecule has 5 rings (SSSR count). The number of aryl methyl sites for hydroxylation is 3. The maximum atomic E-state index is 13.8. The number of thioether (sulfide) groups is 1. The predicted octanol–water partition coefficient (Wildman–Crippen LogP) is 5.13. The highest BCUT2D eigenvalue weighted by Crippen LogP contribution is 2.35. The number of benzene rings is 1. The summed E-state index contributed by atoms with van der Waals surface area (Å²) in [7, 11) is 0. The summed E-state index contributed by atoms with van der Waals surface area (Å²) in [5.74, 6) is 0.460. The van der Waals surface area contributed by atoms with Gasteiger partial charge in [0.15, 0.2) is 5.16 Å². The third-order valence-electron chi connectivity index (χ3n) is 6.53. The Hall–Kier alpha value is -2.12. The second-order valence-corrected chi connectivity index (χ2v) is 10.9. The van der Waals surface area contributed by atoms with Gasteiger partial charge >= 0.3 is 0 Å². The van der Waals surface area contributed by atoms with Crippen molar-refractivity contribution in [2.75, 3.05) is 18.8 Å². The van der Waals surface area contributed by atoms with E-state index >= 15 is 0 Å².